The lowest BCUT2D eigenvalue weighted by Crippen LogP contribution is -2.24. The van der Waals surface area contributed by atoms with Gasteiger partial charge in [-0.2, -0.15) is 5.10 Å². The number of amides is 1. The van der Waals surface area contributed by atoms with Gasteiger partial charge in [0.25, 0.3) is 5.91 Å². The summed E-state index contributed by atoms with van der Waals surface area (Å²) in [5.41, 5.74) is 3.14. The van der Waals surface area contributed by atoms with Crippen LogP contribution in [0, 0.1) is 0 Å². The molecule has 0 spiro atoms. The summed E-state index contributed by atoms with van der Waals surface area (Å²) in [5, 5.41) is 4.44. The highest BCUT2D eigenvalue weighted by molar-refractivity contribution is 9.10. The molecule has 1 amide bonds. The summed E-state index contributed by atoms with van der Waals surface area (Å²) in [5.74, 6) is 1.43. The molecule has 1 aliphatic heterocycles. The molecule has 124 valence electrons. The van der Waals surface area contributed by atoms with E-state index in [9.17, 15) is 4.79 Å². The van der Waals surface area contributed by atoms with Crippen LogP contribution >= 0.6 is 27.5 Å². The van der Waals surface area contributed by atoms with Gasteiger partial charge >= 0.3 is 0 Å². The molecule has 0 aliphatic carbocycles. The predicted octanol–water partition coefficient (Wildman–Crippen LogP) is 3.36. The molecule has 0 unspecified atom stereocenters. The number of benzene rings is 2. The molecule has 0 fully saturated rings. The summed E-state index contributed by atoms with van der Waals surface area (Å²) in [4.78, 5) is 11.7. The second-order valence-electron chi connectivity index (χ2n) is 4.77. The lowest BCUT2D eigenvalue weighted by Gasteiger charge is -2.05. The van der Waals surface area contributed by atoms with Crippen LogP contribution in [-0.4, -0.2) is 25.5 Å². The van der Waals surface area contributed by atoms with Crippen molar-refractivity contribution in [2.45, 2.75) is 0 Å². The Morgan fingerprint density at radius 3 is 2.92 bits per heavy atom. The summed E-state index contributed by atoms with van der Waals surface area (Å²) >= 11 is 9.25. The molecule has 2 aromatic carbocycles. The van der Waals surface area contributed by atoms with Gasteiger partial charge in [0.15, 0.2) is 18.1 Å². The third kappa shape index (κ3) is 4.18. The van der Waals surface area contributed by atoms with Gasteiger partial charge in [-0.25, -0.2) is 5.43 Å². The lowest BCUT2D eigenvalue weighted by molar-refractivity contribution is -0.123. The largest absolute Gasteiger partial charge is 0.484 e. The zero-order valence-corrected chi connectivity index (χ0v) is 14.6. The monoisotopic (exact) mass is 410 g/mol. The van der Waals surface area contributed by atoms with Gasteiger partial charge in [-0.15, -0.1) is 0 Å². The van der Waals surface area contributed by atoms with Crippen LogP contribution in [-0.2, 0) is 4.79 Å². The quantitative estimate of drug-likeness (QED) is 0.605. The van der Waals surface area contributed by atoms with Crippen LogP contribution in [0.3, 0.4) is 0 Å². The van der Waals surface area contributed by atoms with E-state index in [0.717, 1.165) is 10.0 Å². The summed E-state index contributed by atoms with van der Waals surface area (Å²) in [7, 11) is 0. The number of rotatable bonds is 5. The third-order valence-corrected chi connectivity index (χ3v) is 3.97. The number of ether oxygens (including phenoxy) is 3. The Morgan fingerprint density at radius 2 is 2.12 bits per heavy atom. The standard InChI is InChI=1S/C16H12BrClN2O4/c17-13-6-15-14(23-9-24-15)4-10(13)7-19-20-16(21)8-22-12-3-1-2-11(18)5-12/h1-7H,8-9H2,(H,20,21)/b19-7+. The van der Waals surface area contributed by atoms with Crippen molar-refractivity contribution in [3.05, 3.63) is 51.5 Å². The van der Waals surface area contributed by atoms with E-state index in [2.05, 4.69) is 26.5 Å². The van der Waals surface area contributed by atoms with Gasteiger partial charge in [-0.1, -0.05) is 17.7 Å². The van der Waals surface area contributed by atoms with E-state index in [1.807, 2.05) is 0 Å². The minimum absolute atomic E-state index is 0.167. The number of hydrazone groups is 1. The predicted molar refractivity (Wildman–Crippen MR) is 92.9 cm³/mol. The second kappa shape index (κ2) is 7.55. The fraction of sp³-hybridized carbons (Fsp3) is 0.125. The van der Waals surface area contributed by atoms with Crippen molar-refractivity contribution in [3.63, 3.8) is 0 Å². The molecule has 1 N–H and O–H groups in total. The summed E-state index contributed by atoms with van der Waals surface area (Å²) in [6.45, 7) is 0.0277. The minimum atomic E-state index is -0.386. The van der Waals surface area contributed by atoms with E-state index >= 15 is 0 Å². The Balaban J connectivity index is 1.53. The van der Waals surface area contributed by atoms with Crippen LogP contribution < -0.4 is 19.6 Å². The lowest BCUT2D eigenvalue weighted by atomic mass is 10.2. The molecule has 1 aliphatic rings. The molecule has 0 saturated heterocycles. The van der Waals surface area contributed by atoms with Crippen molar-refractivity contribution in [2.75, 3.05) is 13.4 Å². The normalized spacial score (nSPS) is 12.4. The van der Waals surface area contributed by atoms with Crippen LogP contribution in [0.15, 0.2) is 46.0 Å². The smallest absolute Gasteiger partial charge is 0.277 e. The van der Waals surface area contributed by atoms with E-state index < -0.39 is 0 Å². The van der Waals surface area contributed by atoms with Crippen molar-refractivity contribution in [3.8, 4) is 17.2 Å². The highest BCUT2D eigenvalue weighted by atomic mass is 79.9. The topological polar surface area (TPSA) is 69.2 Å². The van der Waals surface area contributed by atoms with Gasteiger partial charge < -0.3 is 14.2 Å². The van der Waals surface area contributed by atoms with Gasteiger partial charge in [0.2, 0.25) is 6.79 Å². The fourth-order valence-electron chi connectivity index (χ4n) is 1.94. The number of hydrogen-bond acceptors (Lipinski definition) is 5. The van der Waals surface area contributed by atoms with Gasteiger partial charge in [-0.05, 0) is 46.3 Å². The highest BCUT2D eigenvalue weighted by Crippen LogP contribution is 2.36. The van der Waals surface area contributed by atoms with E-state index in [-0.39, 0.29) is 19.3 Å². The number of fused-ring (bicyclic) bond motifs is 1. The summed E-state index contributed by atoms with van der Waals surface area (Å²) < 4.78 is 16.7. The van der Waals surface area contributed by atoms with Crippen LogP contribution in [0.1, 0.15) is 5.56 Å². The number of carbonyl (C=O) groups excluding carboxylic acids is 1. The summed E-state index contributed by atoms with van der Waals surface area (Å²) in [6, 6.07) is 10.4. The zero-order chi connectivity index (χ0) is 16.9. The second-order valence-corrected chi connectivity index (χ2v) is 6.06. The Morgan fingerprint density at radius 1 is 1.33 bits per heavy atom. The first-order valence-electron chi connectivity index (χ1n) is 6.91. The fourth-order valence-corrected chi connectivity index (χ4v) is 2.55. The average Bonchev–Trinajstić information content (AvgIpc) is 3.00. The number of nitrogens with one attached hydrogen (secondary N) is 1. The van der Waals surface area contributed by atoms with E-state index in [4.69, 9.17) is 25.8 Å². The molecule has 8 heteroatoms. The average molecular weight is 412 g/mol. The molecular formula is C16H12BrClN2O4. The number of halogens is 2. The van der Waals surface area contributed by atoms with Crippen LogP contribution in [0.4, 0.5) is 0 Å². The van der Waals surface area contributed by atoms with Crippen LogP contribution in [0.2, 0.25) is 5.02 Å². The van der Waals surface area contributed by atoms with E-state index in [0.29, 0.717) is 22.3 Å². The number of nitrogens with zero attached hydrogens (tertiary/aromatic N) is 1. The highest BCUT2D eigenvalue weighted by Gasteiger charge is 2.15. The van der Waals surface area contributed by atoms with Crippen molar-refractivity contribution in [2.24, 2.45) is 5.10 Å². The van der Waals surface area contributed by atoms with Crippen molar-refractivity contribution in [1.29, 1.82) is 0 Å². The maximum atomic E-state index is 11.7. The molecule has 0 aromatic heterocycles. The summed E-state index contributed by atoms with van der Waals surface area (Å²) in [6.07, 6.45) is 1.50. The maximum Gasteiger partial charge on any atom is 0.277 e. The Bertz CT molecular complexity index is 798. The first kappa shape index (κ1) is 16.6. The van der Waals surface area contributed by atoms with E-state index in [1.54, 1.807) is 36.4 Å². The first-order chi connectivity index (χ1) is 11.6. The first-order valence-corrected chi connectivity index (χ1v) is 8.08. The third-order valence-electron chi connectivity index (χ3n) is 3.05. The van der Waals surface area contributed by atoms with Gasteiger partial charge in [0, 0.05) is 15.1 Å². The SMILES string of the molecule is O=C(COc1cccc(Cl)c1)N/N=C/c1cc2c(cc1Br)OCO2. The van der Waals surface area contributed by atoms with Gasteiger partial charge in [-0.3, -0.25) is 4.79 Å². The molecule has 24 heavy (non-hydrogen) atoms. The molecule has 6 nitrogen and oxygen atoms in total. The van der Waals surface area contributed by atoms with Gasteiger partial charge in [0.05, 0.1) is 6.21 Å². The van der Waals surface area contributed by atoms with Crippen molar-refractivity contribution in [1.82, 2.24) is 5.43 Å². The zero-order valence-electron chi connectivity index (χ0n) is 12.3. The van der Waals surface area contributed by atoms with Crippen molar-refractivity contribution < 1.29 is 19.0 Å². The van der Waals surface area contributed by atoms with Crippen LogP contribution in [0.25, 0.3) is 0 Å². The Labute approximate surface area is 151 Å². The molecule has 0 bridgehead atoms. The molecule has 0 atom stereocenters. The molecule has 2 aromatic rings. The number of carbonyl (C=O) groups is 1. The van der Waals surface area contributed by atoms with E-state index in [1.165, 1.54) is 6.21 Å². The number of hydrogen-bond donors (Lipinski definition) is 1. The molecule has 0 saturated carbocycles. The molecule has 3 rings (SSSR count). The van der Waals surface area contributed by atoms with Gasteiger partial charge in [0.1, 0.15) is 5.75 Å². The van der Waals surface area contributed by atoms with Crippen LogP contribution in [0.5, 0.6) is 17.2 Å². The minimum Gasteiger partial charge on any atom is -0.484 e. The Hall–Kier alpha value is -2.25. The molecular weight excluding hydrogens is 400 g/mol. The Kier molecular flexibility index (Phi) is 5.22. The molecule has 1 heterocycles. The maximum absolute atomic E-state index is 11.7. The van der Waals surface area contributed by atoms with Crippen molar-refractivity contribution >= 4 is 39.7 Å². The molecule has 0 radical (unpaired) electrons.